The van der Waals surface area contributed by atoms with Gasteiger partial charge in [-0.25, -0.2) is 0 Å². The smallest absolute Gasteiger partial charge is 0.172 e. The molecule has 0 aromatic heterocycles. The van der Waals surface area contributed by atoms with Crippen molar-refractivity contribution >= 4 is 0 Å². The van der Waals surface area contributed by atoms with Gasteiger partial charge >= 0.3 is 0 Å². The molecule has 0 aliphatic heterocycles. The van der Waals surface area contributed by atoms with E-state index in [1.54, 1.807) is 24.3 Å². The summed E-state index contributed by atoms with van der Waals surface area (Å²) in [5.74, 6) is 0.715. The highest BCUT2D eigenvalue weighted by atomic mass is 17.1. The van der Waals surface area contributed by atoms with E-state index in [4.69, 9.17) is 0 Å². The first kappa shape index (κ1) is 13.4. The highest BCUT2D eigenvalue weighted by Crippen LogP contribution is 2.22. The van der Waals surface area contributed by atoms with Gasteiger partial charge in [-0.2, -0.15) is 0 Å². The van der Waals surface area contributed by atoms with Crippen LogP contribution in [0.1, 0.15) is 17.5 Å². The predicted molar refractivity (Wildman–Crippen MR) is 67.5 cm³/mol. The molecule has 2 aromatic rings. The van der Waals surface area contributed by atoms with Gasteiger partial charge in [-0.05, 0) is 42.5 Å². The molecule has 0 saturated heterocycles. The van der Waals surface area contributed by atoms with Crippen LogP contribution in [-0.4, -0.2) is 0 Å². The van der Waals surface area contributed by atoms with E-state index in [0.29, 0.717) is 24.3 Å². The molecule has 0 atom stereocenters. The Hall–Kier alpha value is -2.04. The van der Waals surface area contributed by atoms with Gasteiger partial charge in [0, 0.05) is 10.5 Å². The van der Waals surface area contributed by atoms with Gasteiger partial charge in [-0.3, -0.25) is 0 Å². The van der Waals surface area contributed by atoms with Crippen molar-refractivity contribution < 1.29 is 20.3 Å². The molecule has 0 bridgehead atoms. The minimum absolute atomic E-state index is 0.357. The molecule has 0 N–H and O–H groups in total. The van der Waals surface area contributed by atoms with Crippen molar-refractivity contribution in [2.24, 2.45) is 0 Å². The van der Waals surface area contributed by atoms with Gasteiger partial charge in [0.05, 0.1) is 0 Å². The fourth-order valence-electron chi connectivity index (χ4n) is 2.05. The van der Waals surface area contributed by atoms with Gasteiger partial charge in [0.2, 0.25) is 0 Å². The third kappa shape index (κ3) is 3.47. The van der Waals surface area contributed by atoms with E-state index < -0.39 is 0 Å². The third-order valence-corrected chi connectivity index (χ3v) is 3.02. The number of para-hydroxylation sites is 2. The van der Waals surface area contributed by atoms with Crippen LogP contribution in [0.5, 0.6) is 11.5 Å². The fraction of sp³-hybridized carbons (Fsp3) is 0.200. The van der Waals surface area contributed by atoms with E-state index in [0.717, 1.165) is 17.5 Å². The van der Waals surface area contributed by atoms with E-state index in [2.05, 4.69) is 9.78 Å². The van der Waals surface area contributed by atoms with Gasteiger partial charge in [0.1, 0.15) is 0 Å². The van der Waals surface area contributed by atoms with Crippen LogP contribution in [0.25, 0.3) is 0 Å². The van der Waals surface area contributed by atoms with Crippen LogP contribution in [0.2, 0.25) is 0 Å². The van der Waals surface area contributed by atoms with E-state index in [-0.39, 0.29) is 0 Å². The molecule has 0 saturated carbocycles. The minimum Gasteiger partial charge on any atom is -0.305 e. The van der Waals surface area contributed by atoms with Crippen LogP contribution in [0, 0.1) is 0 Å². The Morgan fingerprint density at radius 2 is 1.11 bits per heavy atom. The molecule has 4 heteroatoms. The second-order valence-corrected chi connectivity index (χ2v) is 4.24. The Morgan fingerprint density at radius 3 is 1.53 bits per heavy atom. The first-order chi connectivity index (χ1) is 9.35. The van der Waals surface area contributed by atoms with Crippen molar-refractivity contribution in [3.63, 3.8) is 0 Å². The van der Waals surface area contributed by atoms with Gasteiger partial charge in [0.15, 0.2) is 11.5 Å². The first-order valence-electron chi connectivity index (χ1n) is 6.10. The van der Waals surface area contributed by atoms with Crippen molar-refractivity contribution in [2.45, 2.75) is 19.3 Å². The Morgan fingerprint density at radius 1 is 0.684 bits per heavy atom. The van der Waals surface area contributed by atoms with E-state index in [9.17, 15) is 10.5 Å². The fourth-order valence-corrected chi connectivity index (χ4v) is 2.05. The summed E-state index contributed by atoms with van der Waals surface area (Å²) >= 11 is 0. The van der Waals surface area contributed by atoms with Crippen molar-refractivity contribution in [1.82, 2.24) is 0 Å². The van der Waals surface area contributed by atoms with Gasteiger partial charge in [-0.1, -0.05) is 36.4 Å². The summed E-state index contributed by atoms with van der Waals surface area (Å²) in [4.78, 5) is 8.14. The summed E-state index contributed by atoms with van der Waals surface area (Å²) in [6.45, 7) is 0. The second-order valence-electron chi connectivity index (χ2n) is 4.24. The number of hydrogen-bond donors (Lipinski definition) is 0. The quantitative estimate of drug-likeness (QED) is 0.589. The number of rotatable bonds is 6. The zero-order valence-corrected chi connectivity index (χ0v) is 10.4. The highest BCUT2D eigenvalue weighted by molar-refractivity contribution is 5.34. The maximum Gasteiger partial charge on any atom is 0.172 e. The van der Waals surface area contributed by atoms with Crippen LogP contribution < -0.4 is 9.78 Å². The zero-order chi connectivity index (χ0) is 13.5. The monoisotopic (exact) mass is 258 g/mol. The van der Waals surface area contributed by atoms with Crippen LogP contribution in [0.15, 0.2) is 48.5 Å². The average Bonchev–Trinajstić information content (AvgIpc) is 2.48. The molecule has 2 radical (unpaired) electrons. The van der Waals surface area contributed by atoms with Crippen molar-refractivity contribution in [1.29, 1.82) is 0 Å². The molecular weight excluding hydrogens is 244 g/mol. The van der Waals surface area contributed by atoms with Crippen LogP contribution >= 0.6 is 0 Å². The SMILES string of the molecule is [O]Oc1ccccc1CCCc1ccccc1O[O]. The van der Waals surface area contributed by atoms with E-state index >= 15 is 0 Å². The van der Waals surface area contributed by atoms with Crippen molar-refractivity contribution in [3.8, 4) is 11.5 Å². The molecule has 98 valence electrons. The number of hydrogen-bond acceptors (Lipinski definition) is 2. The minimum atomic E-state index is 0.357. The number of aryl methyl sites for hydroxylation is 2. The maximum atomic E-state index is 10.5. The second kappa shape index (κ2) is 6.78. The summed E-state index contributed by atoms with van der Waals surface area (Å²) in [7, 11) is 0. The molecule has 0 unspecified atom stereocenters. The van der Waals surface area contributed by atoms with Crippen molar-refractivity contribution in [3.05, 3.63) is 59.7 Å². The van der Waals surface area contributed by atoms with Crippen LogP contribution in [0.4, 0.5) is 0 Å². The molecule has 0 aliphatic rings. The standard InChI is InChI=1S/C15H14O4/c16-18-14-10-3-1-6-12(14)8-5-9-13-7-2-4-11-15(13)19-17/h1-4,6-7,10-11H,5,8-9H2. The van der Waals surface area contributed by atoms with Gasteiger partial charge in [-0.15, -0.1) is 0 Å². The predicted octanol–water partition coefficient (Wildman–Crippen LogP) is 3.31. The molecule has 0 aliphatic carbocycles. The summed E-state index contributed by atoms with van der Waals surface area (Å²) in [5, 5.41) is 21.0. The summed E-state index contributed by atoms with van der Waals surface area (Å²) in [6, 6.07) is 14.3. The van der Waals surface area contributed by atoms with Gasteiger partial charge in [0.25, 0.3) is 0 Å². The summed E-state index contributed by atoms with van der Waals surface area (Å²) in [6.07, 6.45) is 2.23. The highest BCUT2D eigenvalue weighted by Gasteiger charge is 2.06. The lowest BCUT2D eigenvalue weighted by atomic mass is 10.0. The van der Waals surface area contributed by atoms with E-state index in [1.165, 1.54) is 0 Å². The zero-order valence-electron chi connectivity index (χ0n) is 10.4. The normalized spacial score (nSPS) is 10.2. The molecule has 0 fully saturated rings. The lowest BCUT2D eigenvalue weighted by molar-refractivity contribution is -0.209. The van der Waals surface area contributed by atoms with Crippen molar-refractivity contribution in [2.75, 3.05) is 0 Å². The Labute approximate surface area is 111 Å². The topological polar surface area (TPSA) is 58.3 Å². The lowest BCUT2D eigenvalue weighted by Crippen LogP contribution is -1.95. The summed E-state index contributed by atoms with van der Waals surface area (Å²) < 4.78 is 0. The average molecular weight is 258 g/mol. The molecule has 0 heterocycles. The van der Waals surface area contributed by atoms with Gasteiger partial charge < -0.3 is 9.78 Å². The molecule has 4 nitrogen and oxygen atoms in total. The Bertz CT molecular complexity index is 478. The lowest BCUT2D eigenvalue weighted by Gasteiger charge is -2.07. The van der Waals surface area contributed by atoms with Crippen LogP contribution in [-0.2, 0) is 23.4 Å². The molecule has 0 amide bonds. The first-order valence-corrected chi connectivity index (χ1v) is 6.10. The molecule has 19 heavy (non-hydrogen) atoms. The molecule has 2 aromatic carbocycles. The molecule has 2 rings (SSSR count). The third-order valence-electron chi connectivity index (χ3n) is 3.02. The Kier molecular flexibility index (Phi) is 4.78. The van der Waals surface area contributed by atoms with Crippen LogP contribution in [0.3, 0.4) is 0 Å². The largest absolute Gasteiger partial charge is 0.305 e. The number of benzene rings is 2. The molecular formula is C15H14O4. The van der Waals surface area contributed by atoms with E-state index in [1.807, 2.05) is 24.3 Å². The Balaban J connectivity index is 1.96. The molecule has 0 spiro atoms. The summed E-state index contributed by atoms with van der Waals surface area (Å²) in [5.41, 5.74) is 1.75. The maximum absolute atomic E-state index is 10.5.